The highest BCUT2D eigenvalue weighted by Gasteiger charge is 2.05. The summed E-state index contributed by atoms with van der Waals surface area (Å²) in [4.78, 5) is 20.6. The number of hydrogen-bond acceptors (Lipinski definition) is 2. The molecule has 0 fully saturated rings. The molecule has 0 amide bonds. The number of carboxylic acids is 2. The third-order valence-corrected chi connectivity index (χ3v) is 1.90. The Labute approximate surface area is 76.9 Å². The zero-order chi connectivity index (χ0) is 10.4. The highest BCUT2D eigenvalue weighted by Crippen LogP contribution is 2.11. The molecule has 4 nitrogen and oxygen atoms in total. The Morgan fingerprint density at radius 3 is 2.00 bits per heavy atom. The minimum Gasteiger partial charge on any atom is -0.481 e. The van der Waals surface area contributed by atoms with Crippen molar-refractivity contribution in [1.82, 2.24) is 0 Å². The summed E-state index contributed by atoms with van der Waals surface area (Å²) >= 11 is 0. The Kier molecular flexibility index (Phi) is 4.80. The second-order valence-electron chi connectivity index (χ2n) is 2.96. The van der Waals surface area contributed by atoms with Gasteiger partial charge in [-0.3, -0.25) is 4.79 Å². The summed E-state index contributed by atoms with van der Waals surface area (Å²) in [5.74, 6) is -1.78. The van der Waals surface area contributed by atoms with Crippen LogP contribution in [0.4, 0.5) is 0 Å². The van der Waals surface area contributed by atoms with Crippen LogP contribution in [0.2, 0.25) is 0 Å². The minimum absolute atomic E-state index is 0.0875. The fourth-order valence-electron chi connectivity index (χ4n) is 0.875. The van der Waals surface area contributed by atoms with E-state index in [9.17, 15) is 9.59 Å². The van der Waals surface area contributed by atoms with Crippen LogP contribution in [0, 0.1) is 0 Å². The van der Waals surface area contributed by atoms with Gasteiger partial charge in [-0.1, -0.05) is 5.57 Å². The summed E-state index contributed by atoms with van der Waals surface area (Å²) in [6, 6.07) is 0. The van der Waals surface area contributed by atoms with Crippen LogP contribution in [0.15, 0.2) is 11.1 Å². The molecule has 0 bridgehead atoms. The van der Waals surface area contributed by atoms with Crippen molar-refractivity contribution in [2.75, 3.05) is 0 Å². The van der Waals surface area contributed by atoms with Gasteiger partial charge in [-0.05, 0) is 26.7 Å². The van der Waals surface area contributed by atoms with E-state index in [0.717, 1.165) is 5.57 Å². The lowest BCUT2D eigenvalue weighted by Gasteiger charge is -2.02. The predicted octanol–water partition coefficient (Wildman–Crippen LogP) is 1.66. The first-order chi connectivity index (χ1) is 5.95. The molecule has 0 atom stereocenters. The van der Waals surface area contributed by atoms with E-state index in [1.807, 2.05) is 0 Å². The molecule has 0 aliphatic rings. The first-order valence-electron chi connectivity index (χ1n) is 4.06. The van der Waals surface area contributed by atoms with Gasteiger partial charge in [0, 0.05) is 12.0 Å². The summed E-state index contributed by atoms with van der Waals surface area (Å²) in [7, 11) is 0. The maximum absolute atomic E-state index is 10.5. The Hall–Kier alpha value is -1.32. The molecule has 0 aromatic carbocycles. The van der Waals surface area contributed by atoms with E-state index in [4.69, 9.17) is 10.2 Å². The molecular weight excluding hydrogens is 172 g/mol. The Bertz CT molecular complexity index is 240. The molecule has 0 unspecified atom stereocenters. The van der Waals surface area contributed by atoms with Crippen LogP contribution in [0.25, 0.3) is 0 Å². The molecule has 0 aromatic rings. The molecule has 2 N–H and O–H groups in total. The highest BCUT2D eigenvalue weighted by molar-refractivity contribution is 5.86. The molecule has 0 saturated carbocycles. The quantitative estimate of drug-likeness (QED) is 0.640. The summed E-state index contributed by atoms with van der Waals surface area (Å²) in [5, 5.41) is 16.9. The van der Waals surface area contributed by atoms with E-state index in [-0.39, 0.29) is 6.42 Å². The first kappa shape index (κ1) is 11.7. The lowest BCUT2D eigenvalue weighted by molar-refractivity contribution is -0.137. The van der Waals surface area contributed by atoms with Crippen molar-refractivity contribution in [2.24, 2.45) is 0 Å². The van der Waals surface area contributed by atoms with E-state index in [1.165, 1.54) is 6.92 Å². The summed E-state index contributed by atoms with van der Waals surface area (Å²) in [5.41, 5.74) is 1.05. The lowest BCUT2D eigenvalue weighted by Crippen LogP contribution is -2.00. The fraction of sp³-hybridized carbons (Fsp3) is 0.556. The molecule has 0 radical (unpaired) electrons. The van der Waals surface area contributed by atoms with Crippen molar-refractivity contribution in [3.8, 4) is 0 Å². The minimum atomic E-state index is -0.937. The van der Waals surface area contributed by atoms with Crippen molar-refractivity contribution in [2.45, 2.75) is 33.1 Å². The molecule has 0 heterocycles. The van der Waals surface area contributed by atoms with Crippen molar-refractivity contribution >= 4 is 11.9 Å². The van der Waals surface area contributed by atoms with Crippen molar-refractivity contribution < 1.29 is 19.8 Å². The lowest BCUT2D eigenvalue weighted by atomic mass is 10.1. The monoisotopic (exact) mass is 186 g/mol. The second kappa shape index (κ2) is 5.35. The molecule has 0 aliphatic heterocycles. The van der Waals surface area contributed by atoms with Crippen LogP contribution in [0.5, 0.6) is 0 Å². The van der Waals surface area contributed by atoms with Gasteiger partial charge < -0.3 is 10.2 Å². The molecule has 0 aromatic heterocycles. The van der Waals surface area contributed by atoms with Crippen molar-refractivity contribution in [3.05, 3.63) is 11.1 Å². The average molecular weight is 186 g/mol. The summed E-state index contributed by atoms with van der Waals surface area (Å²) in [6.45, 7) is 3.24. The van der Waals surface area contributed by atoms with Gasteiger partial charge >= 0.3 is 11.9 Å². The van der Waals surface area contributed by atoms with Gasteiger partial charge in [0.25, 0.3) is 0 Å². The largest absolute Gasteiger partial charge is 0.481 e. The normalized spacial score (nSPS) is 12.2. The maximum atomic E-state index is 10.5. The van der Waals surface area contributed by atoms with Crippen LogP contribution >= 0.6 is 0 Å². The van der Waals surface area contributed by atoms with Crippen LogP contribution in [-0.2, 0) is 9.59 Å². The Morgan fingerprint density at radius 1 is 1.08 bits per heavy atom. The van der Waals surface area contributed by atoms with E-state index < -0.39 is 11.9 Å². The van der Waals surface area contributed by atoms with Crippen molar-refractivity contribution in [3.63, 3.8) is 0 Å². The van der Waals surface area contributed by atoms with Gasteiger partial charge in [0.05, 0.1) is 0 Å². The number of aliphatic carboxylic acids is 2. The Balaban J connectivity index is 3.99. The Morgan fingerprint density at radius 2 is 1.62 bits per heavy atom. The van der Waals surface area contributed by atoms with Crippen LogP contribution in [0.3, 0.4) is 0 Å². The molecule has 0 aliphatic carbocycles. The molecule has 4 heteroatoms. The van der Waals surface area contributed by atoms with Gasteiger partial charge in [-0.2, -0.15) is 0 Å². The molecule has 0 saturated heterocycles. The zero-order valence-electron chi connectivity index (χ0n) is 7.83. The molecule has 13 heavy (non-hydrogen) atoms. The van der Waals surface area contributed by atoms with E-state index in [0.29, 0.717) is 18.4 Å². The van der Waals surface area contributed by atoms with Crippen LogP contribution in [0.1, 0.15) is 33.1 Å². The van der Waals surface area contributed by atoms with Crippen molar-refractivity contribution in [1.29, 1.82) is 0 Å². The number of carbonyl (C=O) groups is 2. The molecular formula is C9H14O4. The fourth-order valence-corrected chi connectivity index (χ4v) is 0.875. The van der Waals surface area contributed by atoms with Gasteiger partial charge in [0.1, 0.15) is 0 Å². The van der Waals surface area contributed by atoms with Gasteiger partial charge in [-0.15, -0.1) is 0 Å². The molecule has 0 spiro atoms. The SMILES string of the molecule is CC(CCCC(=O)O)=C(C)C(=O)O. The number of carboxylic acid groups (broad SMARTS) is 2. The van der Waals surface area contributed by atoms with Gasteiger partial charge in [0.15, 0.2) is 0 Å². The standard InChI is InChI=1S/C9H14O4/c1-6(7(2)9(12)13)4-3-5-8(10)11/h3-5H2,1-2H3,(H,10,11)(H,12,13). The highest BCUT2D eigenvalue weighted by atomic mass is 16.4. The number of hydrogen-bond donors (Lipinski definition) is 2. The van der Waals surface area contributed by atoms with E-state index >= 15 is 0 Å². The second-order valence-corrected chi connectivity index (χ2v) is 2.96. The molecule has 74 valence electrons. The third kappa shape index (κ3) is 5.00. The third-order valence-electron chi connectivity index (χ3n) is 1.90. The smallest absolute Gasteiger partial charge is 0.331 e. The predicted molar refractivity (Wildman–Crippen MR) is 47.5 cm³/mol. The number of rotatable bonds is 5. The van der Waals surface area contributed by atoms with Crippen LogP contribution in [-0.4, -0.2) is 22.2 Å². The average Bonchev–Trinajstić information content (AvgIpc) is 2.02. The summed E-state index contributed by atoms with van der Waals surface area (Å²) in [6.07, 6.45) is 1.11. The molecule has 0 rings (SSSR count). The van der Waals surface area contributed by atoms with Gasteiger partial charge in [-0.25, -0.2) is 4.79 Å². The van der Waals surface area contributed by atoms with Crippen LogP contribution < -0.4 is 0 Å². The van der Waals surface area contributed by atoms with E-state index in [2.05, 4.69) is 0 Å². The topological polar surface area (TPSA) is 74.6 Å². The van der Waals surface area contributed by atoms with E-state index in [1.54, 1.807) is 6.92 Å². The maximum Gasteiger partial charge on any atom is 0.331 e. The van der Waals surface area contributed by atoms with Gasteiger partial charge in [0.2, 0.25) is 0 Å². The zero-order valence-corrected chi connectivity index (χ0v) is 7.83. The summed E-state index contributed by atoms with van der Waals surface area (Å²) < 4.78 is 0. The number of allylic oxidation sites excluding steroid dienone is 1. The first-order valence-corrected chi connectivity index (χ1v) is 4.06.